The molecule has 0 aliphatic heterocycles. The van der Waals surface area contributed by atoms with Crippen molar-refractivity contribution in [1.29, 1.82) is 0 Å². The fraction of sp³-hybridized carbons (Fsp3) is 0.636. The Labute approximate surface area is 98.9 Å². The van der Waals surface area contributed by atoms with Gasteiger partial charge in [0.1, 0.15) is 0 Å². The highest BCUT2D eigenvalue weighted by atomic mass is 32.1. The number of aliphatic carboxylic acids is 1. The highest BCUT2D eigenvalue weighted by molar-refractivity contribution is 7.09. The largest absolute Gasteiger partial charge is 0.480 e. The van der Waals surface area contributed by atoms with Crippen LogP contribution in [0.25, 0.3) is 0 Å². The zero-order valence-electron chi connectivity index (χ0n) is 9.35. The molecule has 1 aliphatic carbocycles. The van der Waals surface area contributed by atoms with Gasteiger partial charge in [-0.25, -0.2) is 4.98 Å². The lowest BCUT2D eigenvalue weighted by Gasteiger charge is -2.19. The molecule has 1 aromatic rings. The normalized spacial score (nSPS) is 15.6. The van der Waals surface area contributed by atoms with E-state index in [1.807, 2.05) is 17.3 Å². The molecule has 0 aromatic carbocycles. The lowest BCUT2D eigenvalue weighted by atomic mass is 10.3. The maximum Gasteiger partial charge on any atom is 0.317 e. The van der Waals surface area contributed by atoms with Crippen LogP contribution in [0.5, 0.6) is 0 Å². The molecule has 0 saturated heterocycles. The quantitative estimate of drug-likeness (QED) is 0.823. The zero-order valence-corrected chi connectivity index (χ0v) is 10.2. The lowest BCUT2D eigenvalue weighted by Crippen LogP contribution is -2.31. The van der Waals surface area contributed by atoms with E-state index in [1.165, 1.54) is 17.7 Å². The third-order valence-corrected chi connectivity index (χ3v) is 3.70. The summed E-state index contributed by atoms with van der Waals surface area (Å²) >= 11 is 1.61. The fourth-order valence-electron chi connectivity index (χ4n) is 1.72. The first-order valence-corrected chi connectivity index (χ1v) is 6.36. The van der Waals surface area contributed by atoms with Crippen LogP contribution in [0.15, 0.2) is 5.51 Å². The van der Waals surface area contributed by atoms with Gasteiger partial charge < -0.3 is 5.11 Å². The fourth-order valence-corrected chi connectivity index (χ4v) is 2.54. The van der Waals surface area contributed by atoms with Crippen molar-refractivity contribution in [2.24, 2.45) is 5.92 Å². The summed E-state index contributed by atoms with van der Waals surface area (Å²) in [5, 5.41) is 8.86. The third-order valence-electron chi connectivity index (χ3n) is 2.78. The molecule has 1 saturated carbocycles. The van der Waals surface area contributed by atoms with Gasteiger partial charge in [0.2, 0.25) is 0 Å². The van der Waals surface area contributed by atoms with Crippen LogP contribution >= 0.6 is 11.3 Å². The molecular formula is C11H16N2O2S. The molecule has 88 valence electrons. The van der Waals surface area contributed by atoms with Crippen molar-refractivity contribution in [2.75, 3.05) is 13.1 Å². The van der Waals surface area contributed by atoms with E-state index in [9.17, 15) is 4.79 Å². The first-order chi connectivity index (χ1) is 7.65. The van der Waals surface area contributed by atoms with E-state index in [4.69, 9.17) is 5.11 Å². The van der Waals surface area contributed by atoms with E-state index in [-0.39, 0.29) is 6.54 Å². The van der Waals surface area contributed by atoms with Crippen molar-refractivity contribution in [3.05, 3.63) is 16.1 Å². The highest BCUT2D eigenvalue weighted by Crippen LogP contribution is 2.30. The third kappa shape index (κ3) is 3.28. The highest BCUT2D eigenvalue weighted by Gasteiger charge is 2.25. The van der Waals surface area contributed by atoms with Crippen LogP contribution in [0.3, 0.4) is 0 Å². The Hall–Kier alpha value is -0.940. The van der Waals surface area contributed by atoms with Crippen LogP contribution in [-0.4, -0.2) is 34.0 Å². The minimum Gasteiger partial charge on any atom is -0.480 e. The van der Waals surface area contributed by atoms with Crippen molar-refractivity contribution in [3.8, 4) is 0 Å². The van der Waals surface area contributed by atoms with Gasteiger partial charge in [0.25, 0.3) is 0 Å². The predicted molar refractivity (Wildman–Crippen MR) is 62.5 cm³/mol. The second kappa shape index (κ2) is 4.93. The summed E-state index contributed by atoms with van der Waals surface area (Å²) in [4.78, 5) is 18.2. The molecule has 4 nitrogen and oxygen atoms in total. The van der Waals surface area contributed by atoms with Gasteiger partial charge in [-0.3, -0.25) is 9.69 Å². The molecule has 1 heterocycles. The molecule has 1 N–H and O–H groups in total. The van der Waals surface area contributed by atoms with Gasteiger partial charge in [0.05, 0.1) is 17.7 Å². The Kier molecular flexibility index (Phi) is 3.56. The molecule has 16 heavy (non-hydrogen) atoms. The summed E-state index contributed by atoms with van der Waals surface area (Å²) in [6.45, 7) is 3.73. The molecule has 0 atom stereocenters. The van der Waals surface area contributed by atoms with Gasteiger partial charge in [-0.05, 0) is 25.7 Å². The molecule has 5 heteroatoms. The van der Waals surface area contributed by atoms with Crippen molar-refractivity contribution in [3.63, 3.8) is 0 Å². The van der Waals surface area contributed by atoms with Crippen molar-refractivity contribution in [1.82, 2.24) is 9.88 Å². The van der Waals surface area contributed by atoms with E-state index < -0.39 is 5.97 Å². The number of hydrogen-bond donors (Lipinski definition) is 1. The first-order valence-electron chi connectivity index (χ1n) is 5.48. The van der Waals surface area contributed by atoms with Crippen LogP contribution in [0.1, 0.15) is 23.4 Å². The molecule has 2 rings (SSSR count). The lowest BCUT2D eigenvalue weighted by molar-refractivity contribution is -0.138. The number of aromatic nitrogens is 1. The minimum absolute atomic E-state index is 0.133. The molecular weight excluding hydrogens is 224 g/mol. The Balaban J connectivity index is 1.94. The number of carboxylic acid groups (broad SMARTS) is 1. The van der Waals surface area contributed by atoms with Gasteiger partial charge >= 0.3 is 5.97 Å². The summed E-state index contributed by atoms with van der Waals surface area (Å²) in [7, 11) is 0. The van der Waals surface area contributed by atoms with Gasteiger partial charge in [-0.2, -0.15) is 0 Å². The van der Waals surface area contributed by atoms with Crippen molar-refractivity contribution >= 4 is 17.3 Å². The smallest absolute Gasteiger partial charge is 0.317 e. The molecule has 0 radical (unpaired) electrons. The van der Waals surface area contributed by atoms with Crippen molar-refractivity contribution < 1.29 is 9.90 Å². The standard InChI is InChI=1S/C11H16N2O2S/c1-8-10(16-7-12-8)5-13(6-11(14)15)4-9-2-3-9/h7,9H,2-6H2,1H3,(H,14,15). The molecule has 1 aliphatic rings. The maximum atomic E-state index is 10.8. The van der Waals surface area contributed by atoms with Crippen LogP contribution in [0.4, 0.5) is 0 Å². The van der Waals surface area contributed by atoms with E-state index in [2.05, 4.69) is 4.98 Å². The molecule has 0 bridgehead atoms. The summed E-state index contributed by atoms with van der Waals surface area (Å²) in [6, 6.07) is 0. The Morgan fingerprint density at radius 3 is 2.94 bits per heavy atom. The number of carbonyl (C=O) groups is 1. The van der Waals surface area contributed by atoms with Crippen LogP contribution < -0.4 is 0 Å². The number of hydrogen-bond acceptors (Lipinski definition) is 4. The summed E-state index contributed by atoms with van der Waals surface area (Å²) in [6.07, 6.45) is 2.50. The van der Waals surface area contributed by atoms with Crippen LogP contribution in [0, 0.1) is 12.8 Å². The first kappa shape index (κ1) is 11.5. The zero-order chi connectivity index (χ0) is 11.5. The van der Waals surface area contributed by atoms with E-state index in [0.717, 1.165) is 18.8 Å². The van der Waals surface area contributed by atoms with Gasteiger partial charge in [0, 0.05) is 18.0 Å². The molecule has 1 aromatic heterocycles. The Bertz CT molecular complexity index is 374. The maximum absolute atomic E-state index is 10.8. The number of carboxylic acids is 1. The molecule has 0 unspecified atom stereocenters. The van der Waals surface area contributed by atoms with Gasteiger partial charge in [0.15, 0.2) is 0 Å². The molecule has 1 fully saturated rings. The number of rotatable bonds is 6. The second-order valence-corrected chi connectivity index (χ2v) is 5.31. The van der Waals surface area contributed by atoms with E-state index in [1.54, 1.807) is 11.3 Å². The number of aryl methyl sites for hydroxylation is 1. The topological polar surface area (TPSA) is 53.4 Å². The Morgan fingerprint density at radius 2 is 2.44 bits per heavy atom. The summed E-state index contributed by atoms with van der Waals surface area (Å²) in [5.41, 5.74) is 2.84. The van der Waals surface area contributed by atoms with Gasteiger partial charge in [-0.1, -0.05) is 0 Å². The summed E-state index contributed by atoms with van der Waals surface area (Å²) in [5.74, 6) is -0.0320. The second-order valence-electron chi connectivity index (χ2n) is 4.37. The minimum atomic E-state index is -0.747. The monoisotopic (exact) mass is 240 g/mol. The average molecular weight is 240 g/mol. The van der Waals surface area contributed by atoms with Crippen LogP contribution in [-0.2, 0) is 11.3 Å². The average Bonchev–Trinajstić information content (AvgIpc) is 2.91. The molecule has 0 spiro atoms. The van der Waals surface area contributed by atoms with Crippen molar-refractivity contribution in [2.45, 2.75) is 26.3 Å². The van der Waals surface area contributed by atoms with Crippen LogP contribution in [0.2, 0.25) is 0 Å². The van der Waals surface area contributed by atoms with E-state index >= 15 is 0 Å². The number of thiazole rings is 1. The molecule has 0 amide bonds. The summed E-state index contributed by atoms with van der Waals surface area (Å²) < 4.78 is 0. The SMILES string of the molecule is Cc1ncsc1CN(CC(=O)O)CC1CC1. The Morgan fingerprint density at radius 1 is 1.69 bits per heavy atom. The predicted octanol–water partition coefficient (Wildman–Crippen LogP) is 1.75. The number of nitrogens with zero attached hydrogens (tertiary/aromatic N) is 2. The van der Waals surface area contributed by atoms with Gasteiger partial charge in [-0.15, -0.1) is 11.3 Å². The van der Waals surface area contributed by atoms with E-state index in [0.29, 0.717) is 5.92 Å².